The Morgan fingerprint density at radius 1 is 1.19 bits per heavy atom. The van der Waals surface area contributed by atoms with E-state index < -0.39 is 10.8 Å². The first-order valence-corrected chi connectivity index (χ1v) is 9.49. The maximum Gasteiger partial charge on any atom is 0.270 e. The van der Waals surface area contributed by atoms with E-state index in [4.69, 9.17) is 9.15 Å². The lowest BCUT2D eigenvalue weighted by molar-refractivity contribution is -0.384. The third kappa shape index (κ3) is 5.28. The van der Waals surface area contributed by atoms with E-state index in [2.05, 4.69) is 26.1 Å². The Labute approximate surface area is 179 Å². The number of anilines is 1. The molecule has 1 N–H and O–H groups in total. The van der Waals surface area contributed by atoms with Gasteiger partial charge in [-0.1, -0.05) is 45.0 Å². The number of amides is 1. The summed E-state index contributed by atoms with van der Waals surface area (Å²) in [5, 5.41) is 22.8. The molecule has 0 fully saturated rings. The van der Waals surface area contributed by atoms with E-state index in [1.165, 1.54) is 24.3 Å². The molecule has 0 bridgehead atoms. The van der Waals surface area contributed by atoms with E-state index >= 15 is 0 Å². The highest BCUT2D eigenvalue weighted by atomic mass is 16.6. The highest BCUT2D eigenvalue weighted by Gasteiger charge is 2.17. The molecule has 0 saturated carbocycles. The van der Waals surface area contributed by atoms with Gasteiger partial charge in [0.05, 0.1) is 4.92 Å². The molecule has 31 heavy (non-hydrogen) atoms. The van der Waals surface area contributed by atoms with Crippen molar-refractivity contribution in [2.45, 2.75) is 26.2 Å². The van der Waals surface area contributed by atoms with Crippen LogP contribution >= 0.6 is 0 Å². The lowest BCUT2D eigenvalue weighted by atomic mass is 9.87. The van der Waals surface area contributed by atoms with Crippen LogP contribution in [0.3, 0.4) is 0 Å². The number of non-ortho nitro benzene ring substituents is 1. The van der Waals surface area contributed by atoms with Crippen molar-refractivity contribution in [3.8, 4) is 23.1 Å². The predicted octanol–water partition coefficient (Wildman–Crippen LogP) is 5.04. The number of nitrogens with zero attached hydrogens (tertiary/aromatic N) is 2. The number of nitrogens with one attached hydrogen (secondary N) is 1. The molecule has 0 aliphatic rings. The van der Waals surface area contributed by atoms with Crippen molar-refractivity contribution in [1.29, 1.82) is 5.26 Å². The lowest BCUT2D eigenvalue weighted by Crippen LogP contribution is -2.20. The van der Waals surface area contributed by atoms with E-state index in [1.54, 1.807) is 18.2 Å². The van der Waals surface area contributed by atoms with Crippen molar-refractivity contribution in [1.82, 2.24) is 0 Å². The summed E-state index contributed by atoms with van der Waals surface area (Å²) in [7, 11) is 0. The van der Waals surface area contributed by atoms with E-state index in [1.807, 2.05) is 18.2 Å². The number of ether oxygens (including phenoxy) is 1. The molecule has 0 aliphatic heterocycles. The van der Waals surface area contributed by atoms with Crippen molar-refractivity contribution in [3.05, 3.63) is 75.8 Å². The van der Waals surface area contributed by atoms with Crippen LogP contribution in [0.25, 0.3) is 11.3 Å². The fourth-order valence-electron chi connectivity index (χ4n) is 2.84. The van der Waals surface area contributed by atoms with E-state index in [-0.39, 0.29) is 34.9 Å². The number of nitro groups is 1. The molecule has 3 rings (SSSR count). The van der Waals surface area contributed by atoms with E-state index in [9.17, 15) is 20.2 Å². The van der Waals surface area contributed by atoms with Crippen LogP contribution in [0.15, 0.2) is 59.0 Å². The van der Waals surface area contributed by atoms with Gasteiger partial charge in [0, 0.05) is 23.8 Å². The van der Waals surface area contributed by atoms with Gasteiger partial charge in [-0.15, -0.1) is 0 Å². The Morgan fingerprint density at radius 3 is 2.52 bits per heavy atom. The first-order valence-electron chi connectivity index (χ1n) is 9.49. The van der Waals surface area contributed by atoms with E-state index in [0.29, 0.717) is 11.3 Å². The van der Waals surface area contributed by atoms with Gasteiger partial charge in [-0.25, -0.2) is 0 Å². The third-order valence-corrected chi connectivity index (χ3v) is 4.54. The maximum atomic E-state index is 12.3. The molecule has 1 amide bonds. The Hall–Kier alpha value is -4.12. The van der Waals surface area contributed by atoms with Gasteiger partial charge in [-0.05, 0) is 23.1 Å². The monoisotopic (exact) mass is 419 g/mol. The van der Waals surface area contributed by atoms with Gasteiger partial charge in [0.15, 0.2) is 6.61 Å². The highest BCUT2D eigenvalue weighted by molar-refractivity contribution is 5.92. The number of nitro benzene ring substituents is 1. The fraction of sp³-hybridized carbons (Fsp3) is 0.217. The third-order valence-electron chi connectivity index (χ3n) is 4.54. The maximum absolute atomic E-state index is 12.3. The molecule has 0 radical (unpaired) electrons. The number of nitriles is 1. The van der Waals surface area contributed by atoms with Crippen molar-refractivity contribution in [2.75, 3.05) is 11.9 Å². The lowest BCUT2D eigenvalue weighted by Gasteiger charge is -2.19. The zero-order chi connectivity index (χ0) is 22.6. The van der Waals surface area contributed by atoms with Crippen LogP contribution in [0, 0.1) is 21.4 Å². The van der Waals surface area contributed by atoms with Crippen LogP contribution in [0.5, 0.6) is 5.75 Å². The van der Waals surface area contributed by atoms with Gasteiger partial charge in [0.25, 0.3) is 11.6 Å². The SMILES string of the molecule is CC(C)(C)c1ccc(OCC(=O)Nc2oc(-c3cccc([N+](=O)[O-])c3)cc2C#N)cc1. The molecule has 2 aromatic carbocycles. The average molecular weight is 419 g/mol. The Bertz CT molecular complexity index is 1150. The fourth-order valence-corrected chi connectivity index (χ4v) is 2.84. The second-order valence-corrected chi connectivity index (χ2v) is 7.88. The van der Waals surface area contributed by atoms with E-state index in [0.717, 1.165) is 5.56 Å². The number of carbonyl (C=O) groups is 1. The van der Waals surface area contributed by atoms with Gasteiger partial charge >= 0.3 is 0 Å². The summed E-state index contributed by atoms with van der Waals surface area (Å²) in [6, 6.07) is 16.6. The van der Waals surface area contributed by atoms with Crippen LogP contribution < -0.4 is 10.1 Å². The summed E-state index contributed by atoms with van der Waals surface area (Å²) >= 11 is 0. The largest absolute Gasteiger partial charge is 0.484 e. The van der Waals surface area contributed by atoms with Crippen LogP contribution in [-0.4, -0.2) is 17.4 Å². The van der Waals surface area contributed by atoms with Crippen molar-refractivity contribution < 1.29 is 18.9 Å². The van der Waals surface area contributed by atoms with Gasteiger partial charge in [0.1, 0.15) is 23.1 Å². The molecule has 0 spiro atoms. The first-order chi connectivity index (χ1) is 14.7. The van der Waals surface area contributed by atoms with Crippen LogP contribution in [0.4, 0.5) is 11.6 Å². The van der Waals surface area contributed by atoms with Crippen molar-refractivity contribution in [3.63, 3.8) is 0 Å². The zero-order valence-electron chi connectivity index (χ0n) is 17.3. The smallest absolute Gasteiger partial charge is 0.270 e. The standard InChI is InChI=1S/C23H21N3O5/c1-23(2,3)17-7-9-19(10-8-17)30-14-21(27)25-22-16(13-24)12-20(31-22)15-5-4-6-18(11-15)26(28)29/h4-12H,14H2,1-3H3,(H,25,27). The van der Waals surface area contributed by atoms with Crippen LogP contribution in [-0.2, 0) is 10.2 Å². The molecule has 0 unspecified atom stereocenters. The summed E-state index contributed by atoms with van der Waals surface area (Å²) in [6.07, 6.45) is 0. The van der Waals surface area contributed by atoms with Gasteiger partial charge < -0.3 is 9.15 Å². The molecule has 3 aromatic rings. The molecule has 0 atom stereocenters. The Balaban J connectivity index is 1.68. The quantitative estimate of drug-likeness (QED) is 0.441. The highest BCUT2D eigenvalue weighted by Crippen LogP contribution is 2.31. The molecule has 0 saturated heterocycles. The topological polar surface area (TPSA) is 118 Å². The minimum absolute atomic E-state index is 0.0137. The summed E-state index contributed by atoms with van der Waals surface area (Å²) in [5.41, 5.74) is 1.57. The number of furan rings is 1. The molecule has 1 aromatic heterocycles. The number of carbonyl (C=O) groups excluding carboxylic acids is 1. The predicted molar refractivity (Wildman–Crippen MR) is 115 cm³/mol. The van der Waals surface area contributed by atoms with Gasteiger partial charge in [-0.2, -0.15) is 5.26 Å². The summed E-state index contributed by atoms with van der Waals surface area (Å²) in [5.74, 6) is 0.228. The summed E-state index contributed by atoms with van der Waals surface area (Å²) in [4.78, 5) is 22.7. The Kier molecular flexibility index (Phi) is 6.07. The molecule has 0 aliphatic carbocycles. The average Bonchev–Trinajstić information content (AvgIpc) is 3.14. The minimum atomic E-state index is -0.522. The number of hydrogen-bond acceptors (Lipinski definition) is 6. The minimum Gasteiger partial charge on any atom is -0.484 e. The van der Waals surface area contributed by atoms with Crippen LogP contribution in [0.2, 0.25) is 0 Å². The molecular weight excluding hydrogens is 398 g/mol. The molecular formula is C23H21N3O5. The number of benzene rings is 2. The summed E-state index contributed by atoms with van der Waals surface area (Å²) < 4.78 is 11.1. The van der Waals surface area contributed by atoms with Crippen molar-refractivity contribution >= 4 is 17.5 Å². The molecule has 8 nitrogen and oxygen atoms in total. The normalized spacial score (nSPS) is 10.9. The number of hydrogen-bond donors (Lipinski definition) is 1. The van der Waals surface area contributed by atoms with Gasteiger partial charge in [0.2, 0.25) is 5.88 Å². The van der Waals surface area contributed by atoms with Gasteiger partial charge in [-0.3, -0.25) is 20.2 Å². The Morgan fingerprint density at radius 2 is 1.90 bits per heavy atom. The second kappa shape index (κ2) is 8.71. The number of rotatable bonds is 6. The zero-order valence-corrected chi connectivity index (χ0v) is 17.3. The van der Waals surface area contributed by atoms with Crippen molar-refractivity contribution in [2.24, 2.45) is 0 Å². The molecule has 8 heteroatoms. The molecule has 1 heterocycles. The second-order valence-electron chi connectivity index (χ2n) is 7.88. The molecule has 158 valence electrons. The van der Waals surface area contributed by atoms with Crippen LogP contribution in [0.1, 0.15) is 31.9 Å². The first kappa shape index (κ1) is 21.6. The summed E-state index contributed by atoms with van der Waals surface area (Å²) in [6.45, 7) is 6.05.